The van der Waals surface area contributed by atoms with Crippen LogP contribution in [0.5, 0.6) is 11.6 Å². The van der Waals surface area contributed by atoms with Gasteiger partial charge in [-0.05, 0) is 24.6 Å². The first-order valence-electron chi connectivity index (χ1n) is 8.21. The molecule has 1 saturated heterocycles. The minimum atomic E-state index is 0.355. The number of methoxy groups -OCH3 is 2. The summed E-state index contributed by atoms with van der Waals surface area (Å²) in [6, 6.07) is 10.4. The highest BCUT2D eigenvalue weighted by molar-refractivity contribution is 5.34. The molecule has 6 heteroatoms. The zero-order valence-corrected chi connectivity index (χ0v) is 14.5. The first-order chi connectivity index (χ1) is 11.7. The maximum atomic E-state index is 5.33. The average Bonchev–Trinajstić information content (AvgIpc) is 2.67. The van der Waals surface area contributed by atoms with E-state index in [-0.39, 0.29) is 0 Å². The Bertz CT molecular complexity index is 672. The first kappa shape index (κ1) is 16.5. The number of anilines is 1. The van der Waals surface area contributed by atoms with Crippen LogP contribution in [0.15, 0.2) is 36.5 Å². The predicted molar refractivity (Wildman–Crippen MR) is 93.8 cm³/mol. The van der Waals surface area contributed by atoms with Gasteiger partial charge in [-0.3, -0.25) is 4.90 Å². The van der Waals surface area contributed by atoms with E-state index in [1.807, 2.05) is 12.1 Å². The topological polar surface area (TPSA) is 50.7 Å². The number of hydrogen-bond acceptors (Lipinski definition) is 6. The maximum Gasteiger partial charge on any atom is 0.228 e. The molecule has 0 radical (unpaired) electrons. The molecule has 1 aliphatic rings. The molecule has 1 fully saturated rings. The Morgan fingerprint density at radius 2 is 1.83 bits per heavy atom. The van der Waals surface area contributed by atoms with E-state index in [0.717, 1.165) is 37.9 Å². The van der Waals surface area contributed by atoms with E-state index in [0.29, 0.717) is 11.9 Å². The number of hydrogen-bond donors (Lipinski definition) is 0. The highest BCUT2D eigenvalue weighted by atomic mass is 16.5. The van der Waals surface area contributed by atoms with Crippen molar-refractivity contribution >= 4 is 5.95 Å². The first-order valence-corrected chi connectivity index (χ1v) is 8.21. The van der Waals surface area contributed by atoms with Gasteiger partial charge in [0.15, 0.2) is 0 Å². The van der Waals surface area contributed by atoms with Gasteiger partial charge in [-0.1, -0.05) is 12.1 Å². The van der Waals surface area contributed by atoms with Crippen LogP contribution in [0.1, 0.15) is 18.5 Å². The van der Waals surface area contributed by atoms with Crippen molar-refractivity contribution in [3.05, 3.63) is 42.1 Å². The standard InChI is InChI=1S/C18H24N4O2/c1-14(15-5-4-6-16(13-15)23-2)21-9-11-22(12-10-21)18-19-8-7-17(20-18)24-3/h4-8,13-14H,9-12H2,1-3H3. The van der Waals surface area contributed by atoms with Crippen LogP contribution >= 0.6 is 0 Å². The highest BCUT2D eigenvalue weighted by Crippen LogP contribution is 2.25. The van der Waals surface area contributed by atoms with Crippen LogP contribution in [0.25, 0.3) is 0 Å². The Morgan fingerprint density at radius 1 is 1.04 bits per heavy atom. The Kier molecular flexibility index (Phi) is 5.15. The van der Waals surface area contributed by atoms with Gasteiger partial charge < -0.3 is 14.4 Å². The molecular weight excluding hydrogens is 304 g/mol. The number of rotatable bonds is 5. The van der Waals surface area contributed by atoms with Crippen molar-refractivity contribution in [3.63, 3.8) is 0 Å². The second kappa shape index (κ2) is 7.49. The van der Waals surface area contributed by atoms with E-state index >= 15 is 0 Å². The minimum Gasteiger partial charge on any atom is -0.497 e. The predicted octanol–water partition coefficient (Wildman–Crippen LogP) is 2.38. The summed E-state index contributed by atoms with van der Waals surface area (Å²) in [5.74, 6) is 2.25. The molecule has 1 aromatic heterocycles. The fraction of sp³-hybridized carbons (Fsp3) is 0.444. The van der Waals surface area contributed by atoms with Gasteiger partial charge in [-0.2, -0.15) is 4.98 Å². The van der Waals surface area contributed by atoms with Gasteiger partial charge >= 0.3 is 0 Å². The monoisotopic (exact) mass is 328 g/mol. The lowest BCUT2D eigenvalue weighted by atomic mass is 10.1. The zero-order valence-electron chi connectivity index (χ0n) is 14.5. The Balaban J connectivity index is 1.63. The molecule has 128 valence electrons. The average molecular weight is 328 g/mol. The molecule has 24 heavy (non-hydrogen) atoms. The molecule has 3 rings (SSSR count). The highest BCUT2D eigenvalue weighted by Gasteiger charge is 2.23. The summed E-state index contributed by atoms with van der Waals surface area (Å²) in [5, 5.41) is 0. The fourth-order valence-electron chi connectivity index (χ4n) is 3.02. The van der Waals surface area contributed by atoms with Crippen LogP contribution in [0.4, 0.5) is 5.95 Å². The molecule has 1 aliphatic heterocycles. The second-order valence-electron chi connectivity index (χ2n) is 5.87. The molecule has 0 N–H and O–H groups in total. The fourth-order valence-corrected chi connectivity index (χ4v) is 3.02. The number of ether oxygens (including phenoxy) is 2. The van der Waals surface area contributed by atoms with Crippen molar-refractivity contribution in [1.82, 2.24) is 14.9 Å². The summed E-state index contributed by atoms with van der Waals surface area (Å²) in [6.45, 7) is 5.99. The molecule has 2 heterocycles. The SMILES string of the molecule is COc1cccc(C(C)N2CCN(c3nccc(OC)n3)CC2)c1. The summed E-state index contributed by atoms with van der Waals surface area (Å²) in [7, 11) is 3.33. The van der Waals surface area contributed by atoms with Gasteiger partial charge in [0.25, 0.3) is 0 Å². The third-order valence-corrected chi connectivity index (χ3v) is 4.55. The summed E-state index contributed by atoms with van der Waals surface area (Å²) in [4.78, 5) is 13.5. The van der Waals surface area contributed by atoms with Crippen LogP contribution in [0.2, 0.25) is 0 Å². The molecule has 1 atom stereocenters. The van der Waals surface area contributed by atoms with Crippen molar-refractivity contribution in [3.8, 4) is 11.6 Å². The van der Waals surface area contributed by atoms with E-state index in [9.17, 15) is 0 Å². The smallest absolute Gasteiger partial charge is 0.228 e. The van der Waals surface area contributed by atoms with E-state index in [2.05, 4.69) is 38.8 Å². The number of benzene rings is 1. The number of piperazine rings is 1. The van der Waals surface area contributed by atoms with Crippen LogP contribution in [-0.4, -0.2) is 55.3 Å². The Hall–Kier alpha value is -2.34. The van der Waals surface area contributed by atoms with E-state index < -0.39 is 0 Å². The van der Waals surface area contributed by atoms with Crippen LogP contribution in [-0.2, 0) is 0 Å². The summed E-state index contributed by atoms with van der Waals surface area (Å²) in [6.07, 6.45) is 1.74. The lowest BCUT2D eigenvalue weighted by Gasteiger charge is -2.38. The van der Waals surface area contributed by atoms with Gasteiger partial charge in [-0.25, -0.2) is 4.98 Å². The van der Waals surface area contributed by atoms with Gasteiger partial charge in [0, 0.05) is 44.5 Å². The largest absolute Gasteiger partial charge is 0.497 e. The van der Waals surface area contributed by atoms with Crippen LogP contribution in [0, 0.1) is 0 Å². The lowest BCUT2D eigenvalue weighted by Crippen LogP contribution is -2.47. The Morgan fingerprint density at radius 3 is 2.54 bits per heavy atom. The molecule has 0 bridgehead atoms. The maximum absolute atomic E-state index is 5.33. The normalized spacial score (nSPS) is 16.7. The Labute approximate surface area is 143 Å². The molecule has 0 aliphatic carbocycles. The quantitative estimate of drug-likeness (QED) is 0.840. The van der Waals surface area contributed by atoms with Crippen LogP contribution in [0.3, 0.4) is 0 Å². The van der Waals surface area contributed by atoms with Gasteiger partial charge in [0.2, 0.25) is 11.8 Å². The summed E-state index contributed by atoms with van der Waals surface area (Å²) >= 11 is 0. The zero-order chi connectivity index (χ0) is 16.9. The second-order valence-corrected chi connectivity index (χ2v) is 5.87. The molecular formula is C18H24N4O2. The van der Waals surface area contributed by atoms with E-state index in [1.165, 1.54) is 5.56 Å². The summed E-state index contributed by atoms with van der Waals surface area (Å²) in [5.41, 5.74) is 1.28. The molecule has 1 unspecified atom stereocenters. The summed E-state index contributed by atoms with van der Waals surface area (Å²) < 4.78 is 10.5. The van der Waals surface area contributed by atoms with Gasteiger partial charge in [0.1, 0.15) is 5.75 Å². The van der Waals surface area contributed by atoms with Crippen molar-refractivity contribution in [2.75, 3.05) is 45.3 Å². The molecule has 0 spiro atoms. The third-order valence-electron chi connectivity index (χ3n) is 4.55. The van der Waals surface area contributed by atoms with Gasteiger partial charge in [0.05, 0.1) is 14.2 Å². The third kappa shape index (κ3) is 3.59. The molecule has 0 saturated carbocycles. The van der Waals surface area contributed by atoms with E-state index in [1.54, 1.807) is 26.5 Å². The van der Waals surface area contributed by atoms with Crippen LogP contribution < -0.4 is 14.4 Å². The number of aromatic nitrogens is 2. The van der Waals surface area contributed by atoms with Crippen molar-refractivity contribution in [1.29, 1.82) is 0 Å². The molecule has 1 aromatic carbocycles. The van der Waals surface area contributed by atoms with Crippen molar-refractivity contribution in [2.45, 2.75) is 13.0 Å². The lowest BCUT2D eigenvalue weighted by molar-refractivity contribution is 0.197. The number of nitrogens with zero attached hydrogens (tertiary/aromatic N) is 4. The molecule has 0 amide bonds. The van der Waals surface area contributed by atoms with E-state index in [4.69, 9.17) is 9.47 Å². The van der Waals surface area contributed by atoms with Gasteiger partial charge in [-0.15, -0.1) is 0 Å². The van der Waals surface area contributed by atoms with Crippen molar-refractivity contribution in [2.24, 2.45) is 0 Å². The molecule has 2 aromatic rings. The minimum absolute atomic E-state index is 0.355. The van der Waals surface area contributed by atoms with Crippen molar-refractivity contribution < 1.29 is 9.47 Å². The molecule has 6 nitrogen and oxygen atoms in total.